The molecular formula is C10H20N2O2S. The van der Waals surface area contributed by atoms with Crippen LogP contribution in [0.15, 0.2) is 0 Å². The zero-order valence-corrected chi connectivity index (χ0v) is 9.88. The lowest BCUT2D eigenvalue weighted by molar-refractivity contribution is 0.211. The molecule has 0 unspecified atom stereocenters. The van der Waals surface area contributed by atoms with Crippen LogP contribution in [0.4, 0.5) is 4.79 Å². The zero-order valence-electron chi connectivity index (χ0n) is 8.98. The van der Waals surface area contributed by atoms with E-state index >= 15 is 0 Å². The number of rotatable bonds is 4. The van der Waals surface area contributed by atoms with Crippen molar-refractivity contribution in [2.45, 2.75) is 32.1 Å². The summed E-state index contributed by atoms with van der Waals surface area (Å²) in [6, 6.07) is -0.210. The van der Waals surface area contributed by atoms with Crippen LogP contribution in [0, 0.1) is 5.92 Å². The van der Waals surface area contributed by atoms with Crippen LogP contribution < -0.4 is 5.32 Å². The number of aliphatic hydroxyl groups excluding tert-OH is 1. The van der Waals surface area contributed by atoms with Crippen LogP contribution in [-0.2, 0) is 0 Å². The number of urea groups is 1. The maximum Gasteiger partial charge on any atom is 0.327 e. The first-order chi connectivity index (χ1) is 7.24. The van der Waals surface area contributed by atoms with Crippen molar-refractivity contribution < 1.29 is 9.90 Å². The van der Waals surface area contributed by atoms with E-state index in [9.17, 15) is 4.79 Å². The Morgan fingerprint density at radius 3 is 2.67 bits per heavy atom. The van der Waals surface area contributed by atoms with E-state index in [1.807, 2.05) is 0 Å². The van der Waals surface area contributed by atoms with Gasteiger partial charge in [-0.25, -0.2) is 4.79 Å². The summed E-state index contributed by atoms with van der Waals surface area (Å²) in [5, 5.41) is 11.1. The molecule has 0 radical (unpaired) electrons. The van der Waals surface area contributed by atoms with E-state index in [0.29, 0.717) is 19.0 Å². The molecule has 0 bridgehead atoms. The third-order valence-corrected chi connectivity index (χ3v) is 3.12. The second-order valence-corrected chi connectivity index (χ2v) is 4.52. The summed E-state index contributed by atoms with van der Waals surface area (Å²) >= 11 is 4.15. The second kappa shape index (κ2) is 6.95. The van der Waals surface area contributed by atoms with E-state index in [-0.39, 0.29) is 12.6 Å². The van der Waals surface area contributed by atoms with E-state index in [1.165, 1.54) is 36.4 Å². The van der Waals surface area contributed by atoms with E-state index in [4.69, 9.17) is 5.11 Å². The molecule has 2 amide bonds. The number of aliphatic hydroxyl groups is 1. The maximum atomic E-state index is 11.4. The summed E-state index contributed by atoms with van der Waals surface area (Å²) in [7, 11) is 0. The fourth-order valence-electron chi connectivity index (χ4n) is 1.95. The predicted octanol–water partition coefficient (Wildman–Crippen LogP) is 1.42. The van der Waals surface area contributed by atoms with E-state index in [0.717, 1.165) is 0 Å². The number of thiol groups is 1. The number of amides is 2. The Morgan fingerprint density at radius 1 is 1.40 bits per heavy atom. The molecule has 1 aliphatic carbocycles. The summed E-state index contributed by atoms with van der Waals surface area (Å²) < 4.78 is 1.42. The maximum absolute atomic E-state index is 11.4. The molecule has 15 heavy (non-hydrogen) atoms. The first-order valence-electron chi connectivity index (χ1n) is 5.59. The molecule has 5 heteroatoms. The molecule has 0 aromatic heterocycles. The molecule has 1 aliphatic rings. The molecule has 88 valence electrons. The summed E-state index contributed by atoms with van der Waals surface area (Å²) in [5.41, 5.74) is 0. The SMILES string of the molecule is O=C(NCCO)N(S)CC1CCCCC1. The average Bonchev–Trinajstić information content (AvgIpc) is 2.27. The van der Waals surface area contributed by atoms with Gasteiger partial charge in [-0.05, 0) is 18.8 Å². The normalized spacial score (nSPS) is 17.5. The van der Waals surface area contributed by atoms with Crippen molar-refractivity contribution in [1.82, 2.24) is 9.62 Å². The van der Waals surface area contributed by atoms with Gasteiger partial charge in [0.2, 0.25) is 0 Å². The molecule has 1 saturated carbocycles. The summed E-state index contributed by atoms with van der Waals surface area (Å²) in [6.07, 6.45) is 6.25. The molecule has 1 fully saturated rings. The first-order valence-corrected chi connectivity index (χ1v) is 5.99. The number of hydrogen-bond donors (Lipinski definition) is 3. The fraction of sp³-hybridized carbons (Fsp3) is 0.900. The lowest BCUT2D eigenvalue weighted by Crippen LogP contribution is -2.38. The number of carbonyl (C=O) groups is 1. The van der Waals surface area contributed by atoms with Crippen LogP contribution >= 0.6 is 12.8 Å². The summed E-state index contributed by atoms with van der Waals surface area (Å²) in [4.78, 5) is 11.4. The topological polar surface area (TPSA) is 52.6 Å². The van der Waals surface area contributed by atoms with Gasteiger partial charge in [-0.2, -0.15) is 0 Å². The zero-order chi connectivity index (χ0) is 11.1. The highest BCUT2D eigenvalue weighted by Gasteiger charge is 2.18. The van der Waals surface area contributed by atoms with Gasteiger partial charge in [0.1, 0.15) is 0 Å². The third kappa shape index (κ3) is 4.75. The molecule has 0 aromatic carbocycles. The predicted molar refractivity (Wildman–Crippen MR) is 62.8 cm³/mol. The van der Waals surface area contributed by atoms with Crippen molar-refractivity contribution >= 4 is 18.8 Å². The van der Waals surface area contributed by atoms with Crippen LogP contribution in [0.2, 0.25) is 0 Å². The van der Waals surface area contributed by atoms with Gasteiger partial charge in [0.15, 0.2) is 0 Å². The molecule has 0 saturated heterocycles. The van der Waals surface area contributed by atoms with Crippen LogP contribution in [0.3, 0.4) is 0 Å². The molecule has 2 N–H and O–H groups in total. The van der Waals surface area contributed by atoms with Crippen molar-refractivity contribution in [2.24, 2.45) is 5.92 Å². The van der Waals surface area contributed by atoms with Crippen molar-refractivity contribution in [1.29, 1.82) is 0 Å². The Hall–Kier alpha value is -0.420. The van der Waals surface area contributed by atoms with E-state index in [2.05, 4.69) is 18.1 Å². The Balaban J connectivity index is 2.20. The van der Waals surface area contributed by atoms with Gasteiger partial charge >= 0.3 is 6.03 Å². The minimum absolute atomic E-state index is 0.0310. The summed E-state index contributed by atoms with van der Waals surface area (Å²) in [5.74, 6) is 0.594. The lowest BCUT2D eigenvalue weighted by Gasteiger charge is -2.26. The van der Waals surface area contributed by atoms with Crippen molar-refractivity contribution in [3.8, 4) is 0 Å². The van der Waals surface area contributed by atoms with Crippen molar-refractivity contribution in [3.05, 3.63) is 0 Å². The standard InChI is InChI=1S/C10H20N2O2S/c13-7-6-11-10(14)12(15)8-9-4-2-1-3-5-9/h9,13,15H,1-8H2,(H,11,14). The van der Waals surface area contributed by atoms with Gasteiger partial charge in [0.05, 0.1) is 6.61 Å². The summed E-state index contributed by atoms with van der Waals surface area (Å²) in [6.45, 7) is 0.970. The van der Waals surface area contributed by atoms with Crippen LogP contribution in [0.5, 0.6) is 0 Å². The first kappa shape index (κ1) is 12.6. The van der Waals surface area contributed by atoms with Crippen LogP contribution in [-0.4, -0.2) is 35.1 Å². The molecule has 0 spiro atoms. The van der Waals surface area contributed by atoms with Crippen LogP contribution in [0.25, 0.3) is 0 Å². The van der Waals surface area contributed by atoms with Gasteiger partial charge < -0.3 is 10.4 Å². The Morgan fingerprint density at radius 2 is 2.07 bits per heavy atom. The molecule has 4 nitrogen and oxygen atoms in total. The van der Waals surface area contributed by atoms with Gasteiger partial charge in [-0.1, -0.05) is 32.1 Å². The Bertz CT molecular complexity index is 196. The van der Waals surface area contributed by atoms with Crippen molar-refractivity contribution in [2.75, 3.05) is 19.7 Å². The van der Waals surface area contributed by atoms with E-state index in [1.54, 1.807) is 0 Å². The highest BCUT2D eigenvalue weighted by molar-refractivity contribution is 7.78. The van der Waals surface area contributed by atoms with Gasteiger partial charge in [-0.15, -0.1) is 0 Å². The number of nitrogens with one attached hydrogen (secondary N) is 1. The van der Waals surface area contributed by atoms with Crippen LogP contribution in [0.1, 0.15) is 32.1 Å². The Kier molecular flexibility index (Phi) is 5.86. The lowest BCUT2D eigenvalue weighted by atomic mass is 9.89. The monoisotopic (exact) mass is 232 g/mol. The van der Waals surface area contributed by atoms with E-state index < -0.39 is 0 Å². The average molecular weight is 232 g/mol. The number of nitrogens with zero attached hydrogens (tertiary/aromatic N) is 1. The molecule has 0 aromatic rings. The van der Waals surface area contributed by atoms with Gasteiger partial charge in [-0.3, -0.25) is 4.31 Å². The highest BCUT2D eigenvalue weighted by Crippen LogP contribution is 2.24. The molecular weight excluding hydrogens is 212 g/mol. The smallest absolute Gasteiger partial charge is 0.327 e. The second-order valence-electron chi connectivity index (χ2n) is 4.04. The quantitative estimate of drug-likeness (QED) is 0.642. The molecule has 0 aliphatic heterocycles. The number of carbonyl (C=O) groups excluding carboxylic acids is 1. The molecule has 0 atom stereocenters. The minimum atomic E-state index is -0.210. The largest absolute Gasteiger partial charge is 0.395 e. The van der Waals surface area contributed by atoms with Crippen molar-refractivity contribution in [3.63, 3.8) is 0 Å². The molecule has 1 rings (SSSR count). The molecule has 0 heterocycles. The fourth-order valence-corrected chi connectivity index (χ4v) is 2.25. The van der Waals surface area contributed by atoms with Gasteiger partial charge in [0.25, 0.3) is 0 Å². The van der Waals surface area contributed by atoms with Gasteiger partial charge in [0, 0.05) is 13.1 Å². The minimum Gasteiger partial charge on any atom is -0.395 e. The number of hydrogen-bond acceptors (Lipinski definition) is 3. The highest BCUT2D eigenvalue weighted by atomic mass is 32.1. The third-order valence-electron chi connectivity index (χ3n) is 2.78. The Labute approximate surface area is 96.6 Å².